The molecule has 1 aromatic heterocycles. The second-order valence-corrected chi connectivity index (χ2v) is 8.13. The number of allylic oxidation sites excluding steroid dienone is 1. The zero-order chi connectivity index (χ0) is 21.3. The zero-order valence-corrected chi connectivity index (χ0v) is 17.2. The van der Waals surface area contributed by atoms with Gasteiger partial charge in [0.15, 0.2) is 0 Å². The second-order valence-electron chi connectivity index (χ2n) is 8.13. The first kappa shape index (κ1) is 19.9. The normalized spacial score (nSPS) is 22.9. The molecule has 1 aromatic carbocycles. The summed E-state index contributed by atoms with van der Waals surface area (Å²) in [6, 6.07) is 9.96. The maximum Gasteiger partial charge on any atom is 0.247 e. The van der Waals surface area contributed by atoms with Gasteiger partial charge in [-0.05, 0) is 37.0 Å². The van der Waals surface area contributed by atoms with Crippen LogP contribution in [0.4, 0.5) is 0 Å². The highest BCUT2D eigenvalue weighted by Crippen LogP contribution is 2.49. The predicted molar refractivity (Wildman–Crippen MR) is 112 cm³/mol. The Balaban J connectivity index is 1.57. The average Bonchev–Trinajstić information content (AvgIpc) is 3.35. The average molecular weight is 406 g/mol. The molecule has 2 aliphatic rings. The minimum absolute atomic E-state index is 0.0293. The predicted octanol–water partition coefficient (Wildman–Crippen LogP) is 1.97. The van der Waals surface area contributed by atoms with Crippen molar-refractivity contribution in [3.05, 3.63) is 76.8 Å². The zero-order valence-electron chi connectivity index (χ0n) is 17.2. The van der Waals surface area contributed by atoms with Crippen LogP contribution in [0, 0.1) is 5.41 Å². The van der Waals surface area contributed by atoms with E-state index in [4.69, 9.17) is 10.5 Å². The first-order valence-corrected chi connectivity index (χ1v) is 10.1. The molecule has 156 valence electrons. The van der Waals surface area contributed by atoms with E-state index >= 15 is 0 Å². The summed E-state index contributed by atoms with van der Waals surface area (Å²) in [7, 11) is 1.86. The fourth-order valence-electron chi connectivity index (χ4n) is 4.18. The van der Waals surface area contributed by atoms with E-state index in [1.54, 1.807) is 17.8 Å². The first-order valence-electron chi connectivity index (χ1n) is 10.1. The number of carbonyl (C=O) groups excluding carboxylic acids is 2. The molecule has 2 unspecified atom stereocenters. The fraction of sp³-hybridized carbons (Fsp3) is 0.348. The molecule has 4 rings (SSSR count). The van der Waals surface area contributed by atoms with Crippen LogP contribution in [0.25, 0.3) is 0 Å². The molecule has 1 aliphatic carbocycles. The number of aromatic nitrogens is 2. The lowest BCUT2D eigenvalue weighted by Gasteiger charge is -2.31. The number of benzene rings is 1. The number of nitrogens with one attached hydrogen (secondary N) is 1. The van der Waals surface area contributed by atoms with Gasteiger partial charge in [-0.3, -0.25) is 14.3 Å². The summed E-state index contributed by atoms with van der Waals surface area (Å²) in [5.74, 6) is -0.108. The highest BCUT2D eigenvalue weighted by Gasteiger charge is 2.47. The molecule has 0 radical (unpaired) electrons. The van der Waals surface area contributed by atoms with Crippen LogP contribution in [-0.4, -0.2) is 34.7 Å². The summed E-state index contributed by atoms with van der Waals surface area (Å²) in [5, 5.41) is 7.10. The van der Waals surface area contributed by atoms with Crippen molar-refractivity contribution in [1.29, 1.82) is 0 Å². The molecule has 2 atom stereocenters. The Hall–Kier alpha value is -3.35. The van der Waals surface area contributed by atoms with Gasteiger partial charge in [-0.1, -0.05) is 30.3 Å². The highest BCUT2D eigenvalue weighted by molar-refractivity contribution is 5.97. The van der Waals surface area contributed by atoms with Crippen molar-refractivity contribution < 1.29 is 14.3 Å². The maximum absolute atomic E-state index is 12.9. The molecule has 3 N–H and O–H groups in total. The van der Waals surface area contributed by atoms with Crippen molar-refractivity contribution in [1.82, 2.24) is 15.1 Å². The molecule has 0 fully saturated rings. The van der Waals surface area contributed by atoms with Crippen LogP contribution in [0.3, 0.4) is 0 Å². The Morgan fingerprint density at radius 2 is 2.10 bits per heavy atom. The molecule has 0 spiro atoms. The SMILES string of the molecule is Cn1cc(CCNC(=O)C2=CC3=C(OCC3c3ccccc3)C(C)(C(N)=O)C2)cn1. The van der Waals surface area contributed by atoms with E-state index in [1.165, 1.54) is 0 Å². The molecular weight excluding hydrogens is 380 g/mol. The monoisotopic (exact) mass is 406 g/mol. The fourth-order valence-corrected chi connectivity index (χ4v) is 4.18. The summed E-state index contributed by atoms with van der Waals surface area (Å²) < 4.78 is 7.70. The molecule has 2 amide bonds. The summed E-state index contributed by atoms with van der Waals surface area (Å²) in [5.41, 5.74) is 8.28. The molecular formula is C23H26N4O3. The Labute approximate surface area is 175 Å². The van der Waals surface area contributed by atoms with Crippen LogP contribution >= 0.6 is 0 Å². The van der Waals surface area contributed by atoms with Gasteiger partial charge in [0.05, 0.1) is 12.8 Å². The number of carbonyl (C=O) groups is 2. The number of nitrogens with zero attached hydrogens (tertiary/aromatic N) is 2. The van der Waals surface area contributed by atoms with Gasteiger partial charge in [-0.25, -0.2) is 0 Å². The minimum atomic E-state index is -1.04. The number of hydrogen-bond acceptors (Lipinski definition) is 4. The third kappa shape index (κ3) is 3.63. The molecule has 30 heavy (non-hydrogen) atoms. The second kappa shape index (κ2) is 7.82. The lowest BCUT2D eigenvalue weighted by Crippen LogP contribution is -2.41. The lowest BCUT2D eigenvalue weighted by atomic mass is 9.73. The van der Waals surface area contributed by atoms with Gasteiger partial charge in [0.2, 0.25) is 11.8 Å². The maximum atomic E-state index is 12.9. The molecule has 0 saturated carbocycles. The topological polar surface area (TPSA) is 99.2 Å². The smallest absolute Gasteiger partial charge is 0.247 e. The minimum Gasteiger partial charge on any atom is -0.495 e. The van der Waals surface area contributed by atoms with E-state index in [9.17, 15) is 9.59 Å². The van der Waals surface area contributed by atoms with Crippen LogP contribution < -0.4 is 11.1 Å². The van der Waals surface area contributed by atoms with Crippen molar-refractivity contribution in [2.45, 2.75) is 25.7 Å². The van der Waals surface area contributed by atoms with Crippen LogP contribution in [0.1, 0.15) is 30.4 Å². The number of ether oxygens (including phenoxy) is 1. The summed E-state index contributed by atoms with van der Waals surface area (Å²) in [6.07, 6.45) is 6.50. The first-order chi connectivity index (χ1) is 14.4. The summed E-state index contributed by atoms with van der Waals surface area (Å²) in [4.78, 5) is 25.3. The Kier molecular flexibility index (Phi) is 5.20. The van der Waals surface area contributed by atoms with Gasteiger partial charge in [-0.15, -0.1) is 0 Å². The van der Waals surface area contributed by atoms with Crippen molar-refractivity contribution in [2.75, 3.05) is 13.2 Å². The largest absolute Gasteiger partial charge is 0.495 e. The van der Waals surface area contributed by atoms with E-state index in [0.29, 0.717) is 30.9 Å². The molecule has 7 heteroatoms. The van der Waals surface area contributed by atoms with Crippen molar-refractivity contribution in [3.63, 3.8) is 0 Å². The van der Waals surface area contributed by atoms with E-state index in [2.05, 4.69) is 10.4 Å². The van der Waals surface area contributed by atoms with E-state index in [0.717, 1.165) is 16.7 Å². The Bertz CT molecular complexity index is 1040. The molecule has 7 nitrogen and oxygen atoms in total. The van der Waals surface area contributed by atoms with Gasteiger partial charge in [0, 0.05) is 36.9 Å². The van der Waals surface area contributed by atoms with E-state index in [-0.39, 0.29) is 18.2 Å². The van der Waals surface area contributed by atoms with Crippen molar-refractivity contribution in [2.24, 2.45) is 18.2 Å². The van der Waals surface area contributed by atoms with Gasteiger partial charge in [-0.2, -0.15) is 5.10 Å². The lowest BCUT2D eigenvalue weighted by molar-refractivity contribution is -0.127. The number of rotatable bonds is 6. The van der Waals surface area contributed by atoms with Crippen LogP contribution in [0.15, 0.2) is 65.7 Å². The van der Waals surface area contributed by atoms with E-state index in [1.807, 2.05) is 49.7 Å². The molecule has 2 aromatic rings. The quantitative estimate of drug-likeness (QED) is 0.766. The van der Waals surface area contributed by atoms with Gasteiger partial charge < -0.3 is 15.8 Å². The number of amides is 2. The molecule has 2 heterocycles. The molecule has 0 bridgehead atoms. The molecule has 0 saturated heterocycles. The van der Waals surface area contributed by atoms with E-state index < -0.39 is 11.3 Å². The standard InChI is InChI=1S/C23H26N4O3/c1-23(22(24)29)11-17(21(28)25-9-8-15-12-26-27(2)13-15)10-18-19(14-30-20(18)23)16-6-4-3-5-7-16/h3-7,10,12-13,19H,8-9,11,14H2,1-2H3,(H2,24,29)(H,25,28). The summed E-state index contributed by atoms with van der Waals surface area (Å²) >= 11 is 0. The van der Waals surface area contributed by atoms with Crippen molar-refractivity contribution in [3.8, 4) is 0 Å². The van der Waals surface area contributed by atoms with Gasteiger partial charge >= 0.3 is 0 Å². The van der Waals surface area contributed by atoms with Crippen LogP contribution in [-0.2, 0) is 27.8 Å². The highest BCUT2D eigenvalue weighted by atomic mass is 16.5. The Morgan fingerprint density at radius 3 is 2.77 bits per heavy atom. The van der Waals surface area contributed by atoms with Gasteiger partial charge in [0.1, 0.15) is 11.2 Å². The third-order valence-electron chi connectivity index (χ3n) is 5.90. The number of nitrogens with two attached hydrogens (primary N) is 1. The Morgan fingerprint density at radius 1 is 1.33 bits per heavy atom. The number of aryl methyl sites for hydroxylation is 1. The van der Waals surface area contributed by atoms with Crippen LogP contribution in [0.5, 0.6) is 0 Å². The van der Waals surface area contributed by atoms with Crippen molar-refractivity contribution >= 4 is 11.8 Å². The third-order valence-corrected chi connectivity index (χ3v) is 5.90. The number of primary amides is 1. The summed E-state index contributed by atoms with van der Waals surface area (Å²) in [6.45, 7) is 2.68. The van der Waals surface area contributed by atoms with Crippen LogP contribution in [0.2, 0.25) is 0 Å². The molecule has 1 aliphatic heterocycles. The van der Waals surface area contributed by atoms with Gasteiger partial charge in [0.25, 0.3) is 0 Å². The number of hydrogen-bond donors (Lipinski definition) is 2.